The molecule has 0 radical (unpaired) electrons. The third-order valence-corrected chi connectivity index (χ3v) is 3.43. The van der Waals surface area contributed by atoms with E-state index in [0.717, 1.165) is 24.0 Å². The van der Waals surface area contributed by atoms with E-state index >= 15 is 0 Å². The van der Waals surface area contributed by atoms with Crippen molar-refractivity contribution in [1.29, 1.82) is 0 Å². The molecule has 0 aromatic rings. The summed E-state index contributed by atoms with van der Waals surface area (Å²) in [4.78, 5) is 2.69. The van der Waals surface area contributed by atoms with Crippen molar-refractivity contribution in [2.24, 2.45) is 5.92 Å². The molecule has 1 saturated heterocycles. The monoisotopic (exact) mass is 169 g/mol. The third-order valence-electron chi connectivity index (χ3n) is 3.43. The highest BCUT2D eigenvalue weighted by Gasteiger charge is 2.35. The summed E-state index contributed by atoms with van der Waals surface area (Å²) in [5.74, 6) is 0.886. The molecule has 1 rings (SSSR count). The lowest BCUT2D eigenvalue weighted by Crippen LogP contribution is -2.40. The number of nitrogens with zero attached hydrogens (tertiary/aromatic N) is 1. The first-order chi connectivity index (χ1) is 5.57. The lowest BCUT2D eigenvalue weighted by Gasteiger charge is -2.32. The maximum absolute atomic E-state index is 2.69. The molecule has 0 aromatic heterocycles. The highest BCUT2D eigenvalue weighted by Crippen LogP contribution is 2.32. The predicted molar refractivity (Wildman–Crippen MR) is 54.3 cm³/mol. The molecule has 1 heteroatoms. The lowest BCUT2D eigenvalue weighted by atomic mass is 10.0. The molecule has 1 fully saturated rings. The first-order valence-corrected chi connectivity index (χ1v) is 5.35. The van der Waals surface area contributed by atoms with Gasteiger partial charge in [0.1, 0.15) is 0 Å². The van der Waals surface area contributed by atoms with Crippen LogP contribution in [0.3, 0.4) is 0 Å². The molecule has 1 aliphatic rings. The number of rotatable bonds is 2. The van der Waals surface area contributed by atoms with Crippen LogP contribution in [0.4, 0.5) is 0 Å². The number of hydrogen-bond acceptors (Lipinski definition) is 1. The van der Waals surface area contributed by atoms with Crippen LogP contribution >= 0.6 is 0 Å². The molecular weight excluding hydrogens is 146 g/mol. The van der Waals surface area contributed by atoms with Crippen molar-refractivity contribution >= 4 is 0 Å². The zero-order chi connectivity index (χ0) is 9.30. The quantitative estimate of drug-likeness (QED) is 0.614. The molecular formula is C11H23N. The Morgan fingerprint density at radius 3 is 2.25 bits per heavy atom. The van der Waals surface area contributed by atoms with E-state index in [-0.39, 0.29) is 0 Å². The minimum absolute atomic E-state index is 0.717. The highest BCUT2D eigenvalue weighted by atomic mass is 15.2. The normalized spacial score (nSPS) is 38.0. The summed E-state index contributed by atoms with van der Waals surface area (Å²) < 4.78 is 0. The lowest BCUT2D eigenvalue weighted by molar-refractivity contribution is 0.146. The van der Waals surface area contributed by atoms with Gasteiger partial charge in [0.15, 0.2) is 0 Å². The van der Waals surface area contributed by atoms with Crippen molar-refractivity contribution in [3.63, 3.8) is 0 Å². The molecule has 0 spiro atoms. The van der Waals surface area contributed by atoms with Gasteiger partial charge in [-0.05, 0) is 39.5 Å². The molecule has 72 valence electrons. The predicted octanol–water partition coefficient (Wildman–Crippen LogP) is 2.90. The largest absolute Gasteiger partial charge is 0.295 e. The second kappa shape index (κ2) is 3.78. The summed E-state index contributed by atoms with van der Waals surface area (Å²) in [6, 6.07) is 2.35. The summed E-state index contributed by atoms with van der Waals surface area (Å²) in [6.45, 7) is 11.7. The topological polar surface area (TPSA) is 3.24 Å². The summed E-state index contributed by atoms with van der Waals surface area (Å²) in [6.07, 6.45) is 2.71. The van der Waals surface area contributed by atoms with Crippen molar-refractivity contribution in [1.82, 2.24) is 4.90 Å². The van der Waals surface area contributed by atoms with Crippen molar-refractivity contribution in [2.45, 2.75) is 65.6 Å². The van der Waals surface area contributed by atoms with Gasteiger partial charge >= 0.3 is 0 Å². The Labute approximate surface area is 77.1 Å². The van der Waals surface area contributed by atoms with Gasteiger partial charge in [0.2, 0.25) is 0 Å². The SMILES string of the molecule is CC[C@@H]1C[C@H](C)[C@H](C)N1C(C)C. The average Bonchev–Trinajstić information content (AvgIpc) is 2.28. The maximum atomic E-state index is 2.69. The van der Waals surface area contributed by atoms with Crippen LogP contribution in [-0.4, -0.2) is 23.0 Å². The van der Waals surface area contributed by atoms with E-state index in [0.29, 0.717) is 0 Å². The fraction of sp³-hybridized carbons (Fsp3) is 1.00. The fourth-order valence-corrected chi connectivity index (χ4v) is 2.64. The van der Waals surface area contributed by atoms with Gasteiger partial charge in [-0.15, -0.1) is 0 Å². The first-order valence-electron chi connectivity index (χ1n) is 5.35. The van der Waals surface area contributed by atoms with E-state index in [9.17, 15) is 0 Å². The molecule has 0 aromatic carbocycles. The van der Waals surface area contributed by atoms with E-state index in [1.807, 2.05) is 0 Å². The van der Waals surface area contributed by atoms with Crippen molar-refractivity contribution < 1.29 is 0 Å². The Kier molecular flexibility index (Phi) is 3.16. The molecule has 12 heavy (non-hydrogen) atoms. The van der Waals surface area contributed by atoms with Crippen molar-refractivity contribution in [3.8, 4) is 0 Å². The van der Waals surface area contributed by atoms with E-state index < -0.39 is 0 Å². The fourth-order valence-electron chi connectivity index (χ4n) is 2.64. The maximum Gasteiger partial charge on any atom is 0.0101 e. The Hall–Kier alpha value is -0.0400. The van der Waals surface area contributed by atoms with Crippen LogP contribution in [0.15, 0.2) is 0 Å². The third kappa shape index (κ3) is 1.66. The standard InChI is InChI=1S/C11H23N/c1-6-11-7-9(4)10(5)12(11)8(2)3/h8-11H,6-7H2,1-5H3/t9-,10-,11+/m0/s1. The van der Waals surface area contributed by atoms with Crippen LogP contribution in [0.5, 0.6) is 0 Å². The van der Waals surface area contributed by atoms with E-state index in [2.05, 4.69) is 39.5 Å². The van der Waals surface area contributed by atoms with E-state index in [4.69, 9.17) is 0 Å². The first kappa shape index (κ1) is 10.0. The van der Waals surface area contributed by atoms with E-state index in [1.165, 1.54) is 12.8 Å². The highest BCUT2D eigenvalue weighted by molar-refractivity contribution is 4.90. The molecule has 1 aliphatic heterocycles. The van der Waals surface area contributed by atoms with Crippen LogP contribution in [0.25, 0.3) is 0 Å². The van der Waals surface area contributed by atoms with Gasteiger partial charge in [-0.2, -0.15) is 0 Å². The summed E-state index contributed by atoms with van der Waals surface area (Å²) in [5.41, 5.74) is 0. The molecule has 0 bridgehead atoms. The molecule has 1 nitrogen and oxygen atoms in total. The minimum Gasteiger partial charge on any atom is -0.295 e. The second-order valence-electron chi connectivity index (χ2n) is 4.56. The zero-order valence-electron chi connectivity index (χ0n) is 9.17. The van der Waals surface area contributed by atoms with Crippen LogP contribution in [0.1, 0.15) is 47.5 Å². The molecule has 0 saturated carbocycles. The number of hydrogen-bond donors (Lipinski definition) is 0. The molecule has 0 N–H and O–H groups in total. The minimum atomic E-state index is 0.717. The van der Waals surface area contributed by atoms with Crippen molar-refractivity contribution in [2.75, 3.05) is 0 Å². The van der Waals surface area contributed by atoms with E-state index in [1.54, 1.807) is 0 Å². The van der Waals surface area contributed by atoms with Crippen LogP contribution in [0.2, 0.25) is 0 Å². The Morgan fingerprint density at radius 2 is 1.92 bits per heavy atom. The summed E-state index contributed by atoms with van der Waals surface area (Å²) in [5, 5.41) is 0. The average molecular weight is 169 g/mol. The summed E-state index contributed by atoms with van der Waals surface area (Å²) in [7, 11) is 0. The Balaban J connectivity index is 2.66. The van der Waals surface area contributed by atoms with Crippen LogP contribution in [0, 0.1) is 5.92 Å². The van der Waals surface area contributed by atoms with Crippen LogP contribution < -0.4 is 0 Å². The van der Waals surface area contributed by atoms with Gasteiger partial charge in [-0.1, -0.05) is 13.8 Å². The van der Waals surface area contributed by atoms with Gasteiger partial charge in [-0.25, -0.2) is 0 Å². The van der Waals surface area contributed by atoms with Gasteiger partial charge in [0, 0.05) is 18.1 Å². The molecule has 3 atom stereocenters. The zero-order valence-corrected chi connectivity index (χ0v) is 9.17. The van der Waals surface area contributed by atoms with Crippen molar-refractivity contribution in [3.05, 3.63) is 0 Å². The molecule has 0 unspecified atom stereocenters. The molecule has 0 aliphatic carbocycles. The Bertz CT molecular complexity index is 142. The van der Waals surface area contributed by atoms with Gasteiger partial charge in [0.25, 0.3) is 0 Å². The second-order valence-corrected chi connectivity index (χ2v) is 4.56. The molecule has 1 heterocycles. The summed E-state index contributed by atoms with van der Waals surface area (Å²) >= 11 is 0. The van der Waals surface area contributed by atoms with Gasteiger partial charge in [-0.3, -0.25) is 4.90 Å². The van der Waals surface area contributed by atoms with Crippen LogP contribution in [-0.2, 0) is 0 Å². The Morgan fingerprint density at radius 1 is 1.33 bits per heavy atom. The van der Waals surface area contributed by atoms with Gasteiger partial charge in [0.05, 0.1) is 0 Å². The smallest absolute Gasteiger partial charge is 0.0101 e. The number of likely N-dealkylation sites (tertiary alicyclic amines) is 1. The molecule has 0 amide bonds. The van der Waals surface area contributed by atoms with Gasteiger partial charge < -0.3 is 0 Å².